The summed E-state index contributed by atoms with van der Waals surface area (Å²) >= 11 is 0. The zero-order chi connectivity index (χ0) is 14.7. The van der Waals surface area contributed by atoms with Crippen molar-refractivity contribution in [2.75, 3.05) is 32.8 Å². The quantitative estimate of drug-likeness (QED) is 0.897. The van der Waals surface area contributed by atoms with Crippen LogP contribution in [0.4, 0.5) is 0 Å². The van der Waals surface area contributed by atoms with E-state index in [4.69, 9.17) is 4.74 Å². The Bertz CT molecular complexity index is 567. The van der Waals surface area contributed by atoms with Crippen LogP contribution < -0.4 is 10.1 Å². The highest BCUT2D eigenvalue weighted by molar-refractivity contribution is 7.90. The summed E-state index contributed by atoms with van der Waals surface area (Å²) in [6, 6.07) is 9.52. The van der Waals surface area contributed by atoms with E-state index in [2.05, 4.69) is 5.32 Å². The lowest BCUT2D eigenvalue weighted by Crippen LogP contribution is -2.33. The molecule has 2 saturated heterocycles. The molecule has 124 valence electrons. The molecule has 22 heavy (non-hydrogen) atoms. The van der Waals surface area contributed by atoms with Gasteiger partial charge in [0.1, 0.15) is 12.4 Å². The predicted molar refractivity (Wildman–Crippen MR) is 89.1 cm³/mol. The highest BCUT2D eigenvalue weighted by Crippen LogP contribution is 2.32. The summed E-state index contributed by atoms with van der Waals surface area (Å²) in [5.41, 5.74) is 0. The number of para-hydroxylation sites is 1. The maximum absolute atomic E-state index is 12.6. The zero-order valence-corrected chi connectivity index (χ0v) is 14.1. The number of rotatable bonds is 4. The first-order valence-electron chi connectivity index (χ1n) is 7.55. The summed E-state index contributed by atoms with van der Waals surface area (Å²) in [6.07, 6.45) is 1.67. The van der Waals surface area contributed by atoms with E-state index in [9.17, 15) is 8.42 Å². The molecule has 1 aromatic carbocycles. The topological polar surface area (TPSA) is 58.6 Å². The fourth-order valence-corrected chi connectivity index (χ4v) is 5.47. The molecule has 0 bridgehead atoms. The minimum absolute atomic E-state index is 0. The van der Waals surface area contributed by atoms with Gasteiger partial charge in [0.05, 0.1) is 5.25 Å². The Morgan fingerprint density at radius 1 is 1.18 bits per heavy atom. The van der Waals surface area contributed by atoms with Crippen LogP contribution in [-0.4, -0.2) is 50.8 Å². The molecule has 0 saturated carbocycles. The fraction of sp³-hybridized carbons (Fsp3) is 0.600. The van der Waals surface area contributed by atoms with E-state index in [1.54, 1.807) is 4.31 Å². The molecular weight excluding hydrogens is 324 g/mol. The summed E-state index contributed by atoms with van der Waals surface area (Å²) in [5, 5.41) is 3.08. The average molecular weight is 347 g/mol. The smallest absolute Gasteiger partial charge is 0.217 e. The monoisotopic (exact) mass is 346 g/mol. The van der Waals surface area contributed by atoms with Crippen molar-refractivity contribution in [3.63, 3.8) is 0 Å². The van der Waals surface area contributed by atoms with E-state index in [0.717, 1.165) is 31.7 Å². The summed E-state index contributed by atoms with van der Waals surface area (Å²) < 4.78 is 32.4. The Balaban J connectivity index is 0.00000176. The van der Waals surface area contributed by atoms with E-state index in [0.29, 0.717) is 19.7 Å². The van der Waals surface area contributed by atoms with Crippen LogP contribution in [0.1, 0.15) is 12.8 Å². The molecule has 7 heteroatoms. The number of hydrogen-bond acceptors (Lipinski definition) is 4. The molecular formula is C15H23ClN2O3S. The first-order valence-corrected chi connectivity index (χ1v) is 9.06. The molecule has 0 amide bonds. The number of benzene rings is 1. The summed E-state index contributed by atoms with van der Waals surface area (Å²) in [7, 11) is -3.15. The highest BCUT2D eigenvalue weighted by Gasteiger charge is 2.45. The van der Waals surface area contributed by atoms with Gasteiger partial charge in [0.2, 0.25) is 10.0 Å². The lowest BCUT2D eigenvalue weighted by atomic mass is 10.0. The van der Waals surface area contributed by atoms with Crippen molar-refractivity contribution in [1.29, 1.82) is 0 Å². The lowest BCUT2D eigenvalue weighted by molar-refractivity contribution is 0.269. The minimum Gasteiger partial charge on any atom is -0.492 e. The van der Waals surface area contributed by atoms with Gasteiger partial charge in [0, 0.05) is 13.1 Å². The van der Waals surface area contributed by atoms with E-state index in [1.807, 2.05) is 30.3 Å². The first-order chi connectivity index (χ1) is 10.2. The Morgan fingerprint density at radius 2 is 1.91 bits per heavy atom. The van der Waals surface area contributed by atoms with Crippen molar-refractivity contribution >= 4 is 22.4 Å². The van der Waals surface area contributed by atoms with Crippen LogP contribution in [0.2, 0.25) is 0 Å². The number of fused-ring (bicyclic) bond motifs is 1. The largest absolute Gasteiger partial charge is 0.492 e. The molecule has 2 fully saturated rings. The van der Waals surface area contributed by atoms with E-state index >= 15 is 0 Å². The van der Waals surface area contributed by atoms with Crippen LogP contribution in [0.25, 0.3) is 0 Å². The van der Waals surface area contributed by atoms with Gasteiger partial charge in [-0.05, 0) is 44.0 Å². The normalized spacial score (nSPS) is 27.5. The van der Waals surface area contributed by atoms with Gasteiger partial charge in [0.25, 0.3) is 0 Å². The van der Waals surface area contributed by atoms with Crippen LogP contribution in [0, 0.1) is 5.92 Å². The van der Waals surface area contributed by atoms with E-state index < -0.39 is 10.0 Å². The summed E-state index contributed by atoms with van der Waals surface area (Å²) in [5.74, 6) is 1.05. The molecule has 3 rings (SSSR count). The molecule has 0 aromatic heterocycles. The van der Waals surface area contributed by atoms with Crippen LogP contribution in [0.15, 0.2) is 30.3 Å². The molecule has 2 heterocycles. The maximum Gasteiger partial charge on any atom is 0.217 e. The molecule has 5 nitrogen and oxygen atoms in total. The van der Waals surface area contributed by atoms with Gasteiger partial charge in [-0.25, -0.2) is 8.42 Å². The van der Waals surface area contributed by atoms with E-state index in [1.165, 1.54) is 0 Å². The van der Waals surface area contributed by atoms with Crippen molar-refractivity contribution in [1.82, 2.24) is 9.62 Å². The van der Waals surface area contributed by atoms with Crippen LogP contribution in [-0.2, 0) is 10.0 Å². The number of nitrogens with one attached hydrogen (secondary N) is 1. The molecule has 1 aromatic rings. The molecule has 2 aliphatic heterocycles. The number of nitrogens with zero attached hydrogens (tertiary/aromatic N) is 1. The standard InChI is InChI=1S/C15H22N2O3S.ClH/c18-21(19)15-7-9-16-8-6-13(15)12-17(21)10-11-20-14-4-2-1-3-5-14;/h1-5,13,15-16H,6-12H2;1H/t13-,15-;/m1./s1. The SMILES string of the molecule is Cl.O=S1(=O)[C@@H]2CCNCC[C@@H]2CN1CCOc1ccccc1. The lowest BCUT2D eigenvalue weighted by Gasteiger charge is -2.17. The number of sulfonamides is 1. The zero-order valence-electron chi connectivity index (χ0n) is 12.5. The summed E-state index contributed by atoms with van der Waals surface area (Å²) in [6.45, 7) is 3.21. The van der Waals surface area contributed by atoms with Crippen molar-refractivity contribution in [3.05, 3.63) is 30.3 Å². The van der Waals surface area contributed by atoms with Gasteiger partial charge in [-0.3, -0.25) is 0 Å². The van der Waals surface area contributed by atoms with Gasteiger partial charge in [-0.15, -0.1) is 12.4 Å². The number of ether oxygens (including phenoxy) is 1. The third-order valence-electron chi connectivity index (χ3n) is 4.36. The van der Waals surface area contributed by atoms with Gasteiger partial charge in [0.15, 0.2) is 0 Å². The first kappa shape index (κ1) is 17.5. The van der Waals surface area contributed by atoms with Crippen LogP contribution in [0.5, 0.6) is 5.75 Å². The molecule has 0 aliphatic carbocycles. The highest BCUT2D eigenvalue weighted by atomic mass is 35.5. The maximum atomic E-state index is 12.6. The Kier molecular flexibility index (Phi) is 6.09. The molecule has 0 unspecified atom stereocenters. The van der Waals surface area contributed by atoms with Gasteiger partial charge >= 0.3 is 0 Å². The molecule has 0 spiro atoms. The Labute approximate surface area is 138 Å². The Hall–Kier alpha value is -0.820. The third-order valence-corrected chi connectivity index (χ3v) is 6.79. The van der Waals surface area contributed by atoms with Crippen molar-refractivity contribution in [2.45, 2.75) is 18.1 Å². The van der Waals surface area contributed by atoms with E-state index in [-0.39, 0.29) is 23.6 Å². The van der Waals surface area contributed by atoms with Crippen LogP contribution >= 0.6 is 12.4 Å². The molecule has 1 N–H and O–H groups in total. The molecule has 2 atom stereocenters. The van der Waals surface area contributed by atoms with Gasteiger partial charge in [-0.1, -0.05) is 18.2 Å². The molecule has 0 radical (unpaired) electrons. The second-order valence-corrected chi connectivity index (χ2v) is 7.84. The summed E-state index contributed by atoms with van der Waals surface area (Å²) in [4.78, 5) is 0. The Morgan fingerprint density at radius 3 is 2.68 bits per heavy atom. The average Bonchev–Trinajstić information content (AvgIpc) is 2.66. The fourth-order valence-electron chi connectivity index (χ4n) is 3.24. The van der Waals surface area contributed by atoms with Gasteiger partial charge in [-0.2, -0.15) is 4.31 Å². The second-order valence-electron chi connectivity index (χ2n) is 5.69. The number of hydrogen-bond donors (Lipinski definition) is 1. The second kappa shape index (κ2) is 7.64. The minimum atomic E-state index is -3.15. The predicted octanol–water partition coefficient (Wildman–Crippen LogP) is 1.50. The van der Waals surface area contributed by atoms with Gasteiger partial charge < -0.3 is 10.1 Å². The van der Waals surface area contributed by atoms with Crippen molar-refractivity contribution in [3.8, 4) is 5.75 Å². The third kappa shape index (κ3) is 3.74. The van der Waals surface area contributed by atoms with Crippen molar-refractivity contribution < 1.29 is 13.2 Å². The number of halogens is 1. The van der Waals surface area contributed by atoms with Crippen LogP contribution in [0.3, 0.4) is 0 Å². The van der Waals surface area contributed by atoms with Crippen molar-refractivity contribution in [2.24, 2.45) is 5.92 Å². The molecule has 2 aliphatic rings.